The van der Waals surface area contributed by atoms with Crippen LogP contribution in [0.5, 0.6) is 0 Å². The fraction of sp³-hybridized carbons (Fsp3) is 0.300. The van der Waals surface area contributed by atoms with Gasteiger partial charge in [-0.05, 0) is 18.2 Å². The minimum absolute atomic E-state index is 0.138. The topological polar surface area (TPSA) is 35.8 Å². The molecule has 1 unspecified atom stereocenters. The van der Waals surface area contributed by atoms with E-state index in [9.17, 15) is 4.39 Å². The maximum Gasteiger partial charge on any atom is 0.125 e. The van der Waals surface area contributed by atoms with Crippen LogP contribution in [0.25, 0.3) is 0 Å². The fourth-order valence-electron chi connectivity index (χ4n) is 1.41. The number of nitriles is 1. The van der Waals surface area contributed by atoms with Crippen molar-refractivity contribution in [2.45, 2.75) is 17.4 Å². The molecule has 14 heavy (non-hydrogen) atoms. The molecular weight excluding hydrogens is 199 g/mol. The highest BCUT2D eigenvalue weighted by Gasteiger charge is 2.17. The number of halogens is 1. The molecule has 1 aliphatic rings. The SMILES string of the molecule is N#CCC1CSc2ccc(F)cc2N1. The summed E-state index contributed by atoms with van der Waals surface area (Å²) in [5.41, 5.74) is 0.807. The highest BCUT2D eigenvalue weighted by Crippen LogP contribution is 2.33. The monoisotopic (exact) mass is 208 g/mol. The Morgan fingerprint density at radius 2 is 2.50 bits per heavy atom. The van der Waals surface area contributed by atoms with Gasteiger partial charge < -0.3 is 5.32 Å². The van der Waals surface area contributed by atoms with Gasteiger partial charge in [-0.2, -0.15) is 5.26 Å². The van der Waals surface area contributed by atoms with E-state index < -0.39 is 0 Å². The number of nitrogens with one attached hydrogen (secondary N) is 1. The van der Waals surface area contributed by atoms with Crippen molar-refractivity contribution < 1.29 is 4.39 Å². The van der Waals surface area contributed by atoms with Crippen LogP contribution in [0.3, 0.4) is 0 Å². The molecule has 4 heteroatoms. The van der Waals surface area contributed by atoms with Gasteiger partial charge in [0.15, 0.2) is 0 Å². The normalized spacial score (nSPS) is 19.3. The van der Waals surface area contributed by atoms with Crippen LogP contribution in [-0.4, -0.2) is 11.8 Å². The zero-order valence-electron chi connectivity index (χ0n) is 7.46. The largest absolute Gasteiger partial charge is 0.379 e. The number of nitrogens with zero attached hydrogens (tertiary/aromatic N) is 1. The summed E-state index contributed by atoms with van der Waals surface area (Å²) >= 11 is 1.67. The summed E-state index contributed by atoms with van der Waals surface area (Å²) in [7, 11) is 0. The second-order valence-electron chi connectivity index (χ2n) is 3.15. The van der Waals surface area contributed by atoms with Gasteiger partial charge in [-0.15, -0.1) is 11.8 Å². The molecule has 1 atom stereocenters. The van der Waals surface area contributed by atoms with Crippen LogP contribution in [0.2, 0.25) is 0 Å². The van der Waals surface area contributed by atoms with E-state index >= 15 is 0 Å². The van der Waals surface area contributed by atoms with Gasteiger partial charge in [0.25, 0.3) is 0 Å². The van der Waals surface area contributed by atoms with E-state index in [4.69, 9.17) is 5.26 Å². The van der Waals surface area contributed by atoms with Crippen LogP contribution in [0.4, 0.5) is 10.1 Å². The molecule has 0 saturated heterocycles. The third-order valence-corrected chi connectivity index (χ3v) is 3.31. The molecule has 2 nitrogen and oxygen atoms in total. The molecule has 1 N–H and O–H groups in total. The Kier molecular flexibility index (Phi) is 2.60. The van der Waals surface area contributed by atoms with Gasteiger partial charge in [-0.25, -0.2) is 4.39 Å². The van der Waals surface area contributed by atoms with Crippen LogP contribution in [0.15, 0.2) is 23.1 Å². The predicted molar refractivity (Wildman–Crippen MR) is 54.8 cm³/mol. The molecule has 0 spiro atoms. The first-order chi connectivity index (χ1) is 6.79. The van der Waals surface area contributed by atoms with Crippen molar-refractivity contribution >= 4 is 17.4 Å². The second kappa shape index (κ2) is 3.89. The number of anilines is 1. The number of rotatable bonds is 1. The smallest absolute Gasteiger partial charge is 0.125 e. The summed E-state index contributed by atoms with van der Waals surface area (Å²) in [5, 5.41) is 11.7. The summed E-state index contributed by atoms with van der Waals surface area (Å²) in [6.45, 7) is 0. The summed E-state index contributed by atoms with van der Waals surface area (Å²) in [5.74, 6) is 0.626. The van der Waals surface area contributed by atoms with Crippen molar-refractivity contribution in [3.05, 3.63) is 24.0 Å². The van der Waals surface area contributed by atoms with Crippen molar-refractivity contribution in [3.63, 3.8) is 0 Å². The predicted octanol–water partition coefficient (Wildman–Crippen LogP) is 2.63. The molecule has 0 aromatic heterocycles. The summed E-state index contributed by atoms with van der Waals surface area (Å²) in [6, 6.07) is 6.95. The third kappa shape index (κ3) is 1.83. The Morgan fingerprint density at radius 1 is 1.64 bits per heavy atom. The lowest BCUT2D eigenvalue weighted by Crippen LogP contribution is -2.25. The van der Waals surface area contributed by atoms with Gasteiger partial charge >= 0.3 is 0 Å². The van der Waals surface area contributed by atoms with Crippen LogP contribution >= 0.6 is 11.8 Å². The molecule has 1 aliphatic heterocycles. The van der Waals surface area contributed by atoms with E-state index in [1.165, 1.54) is 12.1 Å². The second-order valence-corrected chi connectivity index (χ2v) is 4.22. The van der Waals surface area contributed by atoms with Crippen molar-refractivity contribution in [2.75, 3.05) is 11.1 Å². The number of benzene rings is 1. The molecular formula is C10H9FN2S. The zero-order valence-corrected chi connectivity index (χ0v) is 8.27. The summed E-state index contributed by atoms with van der Waals surface area (Å²) < 4.78 is 12.9. The highest BCUT2D eigenvalue weighted by atomic mass is 32.2. The average Bonchev–Trinajstić information content (AvgIpc) is 2.17. The van der Waals surface area contributed by atoms with E-state index in [-0.39, 0.29) is 11.9 Å². The number of thioether (sulfide) groups is 1. The molecule has 0 bridgehead atoms. The number of fused-ring (bicyclic) bond motifs is 1. The van der Waals surface area contributed by atoms with Crippen LogP contribution in [-0.2, 0) is 0 Å². The maximum atomic E-state index is 12.9. The summed E-state index contributed by atoms with van der Waals surface area (Å²) in [6.07, 6.45) is 0.461. The van der Waals surface area contributed by atoms with E-state index in [2.05, 4.69) is 11.4 Å². The van der Waals surface area contributed by atoms with Crippen LogP contribution < -0.4 is 5.32 Å². The first kappa shape index (κ1) is 9.35. The van der Waals surface area contributed by atoms with Gasteiger partial charge in [0, 0.05) is 16.7 Å². The first-order valence-electron chi connectivity index (χ1n) is 4.35. The lowest BCUT2D eigenvalue weighted by Gasteiger charge is -2.24. The Hall–Kier alpha value is -1.21. The van der Waals surface area contributed by atoms with Gasteiger partial charge in [-0.3, -0.25) is 0 Å². The fourth-order valence-corrected chi connectivity index (χ4v) is 2.43. The molecule has 0 saturated carbocycles. The number of hydrogen-bond donors (Lipinski definition) is 1. The molecule has 2 rings (SSSR count). The minimum atomic E-state index is -0.241. The van der Waals surface area contributed by atoms with E-state index in [1.807, 2.05) is 0 Å². The highest BCUT2D eigenvalue weighted by molar-refractivity contribution is 7.99. The standard InChI is InChI=1S/C10H9FN2S/c11-7-1-2-10-9(5-7)13-8(3-4-12)6-14-10/h1-2,5,8,13H,3,6H2. The molecule has 0 aliphatic carbocycles. The van der Waals surface area contributed by atoms with Crippen molar-refractivity contribution in [3.8, 4) is 6.07 Å². The average molecular weight is 208 g/mol. The summed E-state index contributed by atoms with van der Waals surface area (Å²) in [4.78, 5) is 1.06. The van der Waals surface area contributed by atoms with Crippen molar-refractivity contribution in [1.29, 1.82) is 5.26 Å². The van der Waals surface area contributed by atoms with Crippen molar-refractivity contribution in [1.82, 2.24) is 0 Å². The lowest BCUT2D eigenvalue weighted by molar-refractivity contribution is 0.626. The van der Waals surface area contributed by atoms with E-state index in [0.717, 1.165) is 16.3 Å². The van der Waals surface area contributed by atoms with E-state index in [0.29, 0.717) is 6.42 Å². The molecule has 1 aromatic carbocycles. The van der Waals surface area contributed by atoms with Gasteiger partial charge in [-0.1, -0.05) is 0 Å². The molecule has 0 fully saturated rings. The molecule has 0 radical (unpaired) electrons. The lowest BCUT2D eigenvalue weighted by atomic mass is 10.2. The Labute approximate surface area is 86.1 Å². The van der Waals surface area contributed by atoms with E-state index in [1.54, 1.807) is 17.8 Å². The zero-order chi connectivity index (χ0) is 9.97. The Morgan fingerprint density at radius 3 is 3.29 bits per heavy atom. The van der Waals surface area contributed by atoms with Gasteiger partial charge in [0.2, 0.25) is 0 Å². The molecule has 1 aromatic rings. The minimum Gasteiger partial charge on any atom is -0.379 e. The van der Waals surface area contributed by atoms with Gasteiger partial charge in [0.1, 0.15) is 5.82 Å². The third-order valence-electron chi connectivity index (χ3n) is 2.08. The molecule has 0 amide bonds. The number of hydrogen-bond acceptors (Lipinski definition) is 3. The van der Waals surface area contributed by atoms with Crippen LogP contribution in [0.1, 0.15) is 6.42 Å². The molecule has 72 valence electrons. The van der Waals surface area contributed by atoms with Crippen LogP contribution in [0, 0.1) is 17.1 Å². The first-order valence-corrected chi connectivity index (χ1v) is 5.34. The Balaban J connectivity index is 2.21. The van der Waals surface area contributed by atoms with Gasteiger partial charge in [0.05, 0.1) is 18.2 Å². The van der Waals surface area contributed by atoms with Crippen molar-refractivity contribution in [2.24, 2.45) is 0 Å². The molecule has 1 heterocycles. The maximum absolute atomic E-state index is 12.9. The quantitative estimate of drug-likeness (QED) is 0.770. The Bertz CT molecular complexity index is 386.